The number of aromatic amines is 2. The summed E-state index contributed by atoms with van der Waals surface area (Å²) in [6, 6.07) is 14.5. The van der Waals surface area contributed by atoms with Gasteiger partial charge in [0.1, 0.15) is 0 Å². The van der Waals surface area contributed by atoms with E-state index in [4.69, 9.17) is 0 Å². The molecule has 0 aliphatic rings. The molecule has 0 fully saturated rings. The van der Waals surface area contributed by atoms with Crippen LogP contribution in [0.15, 0.2) is 73.6 Å². The Morgan fingerprint density at radius 1 is 0.900 bits per heavy atom. The molecule has 0 aliphatic heterocycles. The van der Waals surface area contributed by atoms with Gasteiger partial charge in [0.15, 0.2) is 5.65 Å². The Kier molecular flexibility index (Phi) is 3.55. The zero-order valence-corrected chi connectivity index (χ0v) is 16.2. The molecule has 6 aromatic rings. The first kappa shape index (κ1) is 16.7. The van der Waals surface area contributed by atoms with Crippen molar-refractivity contribution in [2.24, 2.45) is 0 Å². The maximum atomic E-state index is 4.54. The Hall–Kier alpha value is -4.26. The van der Waals surface area contributed by atoms with Crippen molar-refractivity contribution in [1.82, 2.24) is 34.7 Å². The first-order chi connectivity index (χ1) is 14.8. The second-order valence-corrected chi connectivity index (χ2v) is 7.28. The lowest BCUT2D eigenvalue weighted by Gasteiger charge is -2.02. The normalized spacial score (nSPS) is 11.5. The first-order valence-corrected chi connectivity index (χ1v) is 9.64. The molecule has 6 rings (SSSR count). The van der Waals surface area contributed by atoms with Gasteiger partial charge in [0, 0.05) is 28.7 Å². The van der Waals surface area contributed by atoms with Crippen LogP contribution in [0.1, 0.15) is 5.69 Å². The second kappa shape index (κ2) is 6.38. The number of pyridine rings is 2. The average molecular weight is 391 g/mol. The summed E-state index contributed by atoms with van der Waals surface area (Å²) >= 11 is 0. The third-order valence-electron chi connectivity index (χ3n) is 5.30. The van der Waals surface area contributed by atoms with Crippen LogP contribution in [0.2, 0.25) is 0 Å². The van der Waals surface area contributed by atoms with Crippen LogP contribution in [0.25, 0.3) is 50.1 Å². The van der Waals surface area contributed by atoms with Gasteiger partial charge in [-0.15, -0.1) is 0 Å². The van der Waals surface area contributed by atoms with Crippen LogP contribution in [0.3, 0.4) is 0 Å². The minimum absolute atomic E-state index is 0.687. The lowest BCUT2D eigenvalue weighted by Crippen LogP contribution is -1.91. The molecule has 30 heavy (non-hydrogen) atoms. The quantitative estimate of drug-likeness (QED) is 0.459. The number of imidazole rings is 1. The van der Waals surface area contributed by atoms with Gasteiger partial charge in [0.25, 0.3) is 0 Å². The minimum Gasteiger partial charge on any atom is -0.352 e. The molecule has 7 heteroatoms. The number of aryl methyl sites for hydroxylation is 1. The number of nitrogens with one attached hydrogen (secondary N) is 2. The fraction of sp³-hybridized carbons (Fsp3) is 0.0435. The van der Waals surface area contributed by atoms with Gasteiger partial charge in [0.05, 0.1) is 47.0 Å². The van der Waals surface area contributed by atoms with Gasteiger partial charge in [-0.1, -0.05) is 30.3 Å². The SMILES string of the molecule is Cc1cn(-c2cncc3[nH]c(-c4[nH]nc5ncc(-c6ccccc6)cc45)cc23)cn1. The van der Waals surface area contributed by atoms with Gasteiger partial charge >= 0.3 is 0 Å². The molecule has 0 atom stereocenters. The van der Waals surface area contributed by atoms with Crippen molar-refractivity contribution >= 4 is 21.9 Å². The molecule has 2 N–H and O–H groups in total. The molecule has 0 amide bonds. The Balaban J connectivity index is 1.52. The van der Waals surface area contributed by atoms with Gasteiger partial charge in [-0.05, 0) is 24.6 Å². The zero-order valence-electron chi connectivity index (χ0n) is 16.2. The maximum Gasteiger partial charge on any atom is 0.181 e. The van der Waals surface area contributed by atoms with E-state index >= 15 is 0 Å². The molecule has 5 aromatic heterocycles. The second-order valence-electron chi connectivity index (χ2n) is 7.28. The molecule has 144 valence electrons. The Morgan fingerprint density at radius 3 is 2.63 bits per heavy atom. The summed E-state index contributed by atoms with van der Waals surface area (Å²) in [5.41, 5.74) is 7.58. The van der Waals surface area contributed by atoms with Crippen LogP contribution in [0.5, 0.6) is 0 Å². The molecule has 5 heterocycles. The van der Waals surface area contributed by atoms with Crippen molar-refractivity contribution in [3.05, 3.63) is 79.3 Å². The summed E-state index contributed by atoms with van der Waals surface area (Å²) in [6.45, 7) is 1.97. The van der Waals surface area contributed by atoms with Crippen LogP contribution >= 0.6 is 0 Å². The van der Waals surface area contributed by atoms with Gasteiger partial charge in [0.2, 0.25) is 0 Å². The van der Waals surface area contributed by atoms with Crippen molar-refractivity contribution in [1.29, 1.82) is 0 Å². The number of fused-ring (bicyclic) bond motifs is 2. The van der Waals surface area contributed by atoms with Gasteiger partial charge in [-0.2, -0.15) is 5.10 Å². The molecular weight excluding hydrogens is 374 g/mol. The fourth-order valence-corrected chi connectivity index (χ4v) is 3.82. The Bertz CT molecular complexity index is 1510. The van der Waals surface area contributed by atoms with Crippen LogP contribution in [0.4, 0.5) is 0 Å². The summed E-state index contributed by atoms with van der Waals surface area (Å²) in [5, 5.41) is 9.58. The van der Waals surface area contributed by atoms with E-state index < -0.39 is 0 Å². The molecule has 0 unspecified atom stereocenters. The Labute approximate surface area is 171 Å². The van der Waals surface area contributed by atoms with Gasteiger partial charge in [-0.3, -0.25) is 10.1 Å². The summed E-state index contributed by atoms with van der Waals surface area (Å²) < 4.78 is 1.99. The largest absolute Gasteiger partial charge is 0.352 e. The number of hydrogen-bond donors (Lipinski definition) is 2. The molecule has 0 saturated heterocycles. The average Bonchev–Trinajstić information content (AvgIpc) is 3.51. The van der Waals surface area contributed by atoms with Crippen LogP contribution in [-0.4, -0.2) is 34.7 Å². The highest BCUT2D eigenvalue weighted by Crippen LogP contribution is 2.32. The number of rotatable bonds is 3. The molecule has 7 nitrogen and oxygen atoms in total. The third-order valence-corrected chi connectivity index (χ3v) is 5.30. The fourth-order valence-electron chi connectivity index (χ4n) is 3.82. The standard InChI is InChI=1S/C23H17N7/c1-14-12-30(13-26-14)21-11-24-10-20-17(21)8-19(27-20)22-18-7-16(9-25-23(18)29-28-22)15-5-3-2-4-6-15/h2-13,27H,1H3,(H,25,28,29). The number of nitrogens with zero attached hydrogens (tertiary/aromatic N) is 5. The first-order valence-electron chi connectivity index (χ1n) is 9.64. The summed E-state index contributed by atoms with van der Waals surface area (Å²) in [4.78, 5) is 16.7. The van der Waals surface area contributed by atoms with Gasteiger partial charge in [-0.25, -0.2) is 9.97 Å². The van der Waals surface area contributed by atoms with E-state index in [0.717, 1.165) is 50.2 Å². The molecule has 0 bridgehead atoms. The number of hydrogen-bond acceptors (Lipinski definition) is 4. The maximum absolute atomic E-state index is 4.54. The zero-order chi connectivity index (χ0) is 20.1. The van der Waals surface area contributed by atoms with Crippen molar-refractivity contribution < 1.29 is 0 Å². The third kappa shape index (κ3) is 2.60. The highest BCUT2D eigenvalue weighted by Gasteiger charge is 2.15. The van der Waals surface area contributed by atoms with Crippen molar-refractivity contribution in [3.8, 4) is 28.2 Å². The number of benzene rings is 1. The predicted octanol–water partition coefficient (Wildman–Crippen LogP) is 4.66. The number of H-pyrrole nitrogens is 2. The highest BCUT2D eigenvalue weighted by atomic mass is 15.2. The van der Waals surface area contributed by atoms with Crippen molar-refractivity contribution in [2.45, 2.75) is 6.92 Å². The van der Waals surface area contributed by atoms with Crippen molar-refractivity contribution in [3.63, 3.8) is 0 Å². The van der Waals surface area contributed by atoms with Crippen LogP contribution in [-0.2, 0) is 0 Å². The van der Waals surface area contributed by atoms with Gasteiger partial charge < -0.3 is 9.55 Å². The van der Waals surface area contributed by atoms with E-state index in [-0.39, 0.29) is 0 Å². The summed E-state index contributed by atoms with van der Waals surface area (Å²) in [5.74, 6) is 0. The molecule has 0 aliphatic carbocycles. The molecule has 1 aromatic carbocycles. The minimum atomic E-state index is 0.687. The monoisotopic (exact) mass is 391 g/mol. The molecular formula is C23H17N7. The van der Waals surface area contributed by atoms with E-state index in [2.05, 4.69) is 54.4 Å². The topological polar surface area (TPSA) is 88.1 Å². The molecule has 0 radical (unpaired) electrons. The molecule has 0 saturated carbocycles. The lowest BCUT2D eigenvalue weighted by atomic mass is 10.1. The Morgan fingerprint density at radius 2 is 1.80 bits per heavy atom. The van der Waals surface area contributed by atoms with E-state index in [1.165, 1.54) is 0 Å². The van der Waals surface area contributed by atoms with Crippen LogP contribution < -0.4 is 0 Å². The van der Waals surface area contributed by atoms with E-state index in [0.29, 0.717) is 5.65 Å². The van der Waals surface area contributed by atoms with Crippen LogP contribution in [0, 0.1) is 6.92 Å². The highest BCUT2D eigenvalue weighted by molar-refractivity contribution is 5.97. The van der Waals surface area contributed by atoms with E-state index in [9.17, 15) is 0 Å². The smallest absolute Gasteiger partial charge is 0.181 e. The summed E-state index contributed by atoms with van der Waals surface area (Å²) in [7, 11) is 0. The van der Waals surface area contributed by atoms with E-state index in [1.807, 2.05) is 54.5 Å². The van der Waals surface area contributed by atoms with Crippen molar-refractivity contribution in [2.75, 3.05) is 0 Å². The molecule has 0 spiro atoms. The lowest BCUT2D eigenvalue weighted by molar-refractivity contribution is 1.05. The van der Waals surface area contributed by atoms with E-state index in [1.54, 1.807) is 6.33 Å². The predicted molar refractivity (Wildman–Crippen MR) is 116 cm³/mol. The number of aromatic nitrogens is 7. The summed E-state index contributed by atoms with van der Waals surface area (Å²) in [6.07, 6.45) is 9.33.